The first-order chi connectivity index (χ1) is 4.85. The van der Waals surface area contributed by atoms with E-state index < -0.39 is 0 Å². The lowest BCUT2D eigenvalue weighted by Gasteiger charge is -2.10. The Balaban J connectivity index is 3.83. The zero-order valence-electron chi connectivity index (χ0n) is 6.75. The molecule has 0 aliphatic carbocycles. The zero-order valence-corrected chi connectivity index (χ0v) is 6.75. The Kier molecular flexibility index (Phi) is 5.54. The van der Waals surface area contributed by atoms with Gasteiger partial charge in [0, 0.05) is 6.54 Å². The van der Waals surface area contributed by atoms with Crippen molar-refractivity contribution in [2.24, 2.45) is 0 Å². The molecule has 56 valence electrons. The molecule has 0 unspecified atom stereocenters. The van der Waals surface area contributed by atoms with Crippen LogP contribution in [0.25, 0.3) is 0 Å². The van der Waals surface area contributed by atoms with Gasteiger partial charge in [-0.3, -0.25) is 0 Å². The van der Waals surface area contributed by atoms with E-state index in [2.05, 4.69) is 11.5 Å². The molecule has 0 N–H and O–H groups in total. The number of nitrogens with zero attached hydrogens (tertiary/aromatic N) is 1. The fourth-order valence-corrected chi connectivity index (χ4v) is 0.703. The Labute approximate surface area is 63.3 Å². The van der Waals surface area contributed by atoms with Crippen LogP contribution in [0.1, 0.15) is 13.8 Å². The van der Waals surface area contributed by atoms with Crippen molar-refractivity contribution in [2.45, 2.75) is 13.8 Å². The van der Waals surface area contributed by atoms with E-state index in [1.165, 1.54) is 0 Å². The fourth-order valence-electron chi connectivity index (χ4n) is 0.703. The van der Waals surface area contributed by atoms with E-state index in [1.54, 1.807) is 0 Å². The van der Waals surface area contributed by atoms with Crippen LogP contribution < -0.4 is 0 Å². The van der Waals surface area contributed by atoms with Crippen LogP contribution in [-0.4, -0.2) is 11.4 Å². The Morgan fingerprint density at radius 2 is 1.70 bits per heavy atom. The van der Waals surface area contributed by atoms with Crippen LogP contribution >= 0.6 is 0 Å². The highest BCUT2D eigenvalue weighted by molar-refractivity contribution is 4.92. The molecule has 0 heterocycles. The van der Waals surface area contributed by atoms with Crippen LogP contribution in [0.15, 0.2) is 37.2 Å². The van der Waals surface area contributed by atoms with Crippen LogP contribution in [-0.2, 0) is 0 Å². The third kappa shape index (κ3) is 3.96. The van der Waals surface area contributed by atoms with Crippen LogP contribution in [0.5, 0.6) is 0 Å². The first-order valence-corrected chi connectivity index (χ1v) is 3.47. The maximum absolute atomic E-state index is 3.66. The number of hydrogen-bond acceptors (Lipinski definition) is 1. The van der Waals surface area contributed by atoms with Gasteiger partial charge in [-0.25, -0.2) is 0 Å². The summed E-state index contributed by atoms with van der Waals surface area (Å²) in [4.78, 5) is 2.06. The summed E-state index contributed by atoms with van der Waals surface area (Å²) in [5.74, 6) is 0. The quantitative estimate of drug-likeness (QED) is 0.538. The highest BCUT2D eigenvalue weighted by Crippen LogP contribution is 1.91. The summed E-state index contributed by atoms with van der Waals surface area (Å²) in [5, 5.41) is 0. The van der Waals surface area contributed by atoms with Crippen molar-refractivity contribution in [3.8, 4) is 0 Å². The maximum Gasteiger partial charge on any atom is 0.0397 e. The van der Waals surface area contributed by atoms with Crippen molar-refractivity contribution >= 4 is 0 Å². The number of allylic oxidation sites excluding steroid dienone is 2. The zero-order chi connectivity index (χ0) is 7.82. The third-order valence-corrected chi connectivity index (χ3v) is 1.02. The minimum absolute atomic E-state index is 0.870. The highest BCUT2D eigenvalue weighted by atomic mass is 15.1. The van der Waals surface area contributed by atoms with Gasteiger partial charge >= 0.3 is 0 Å². The predicted octanol–water partition coefficient (Wildman–Crippen LogP) is 2.54. The topological polar surface area (TPSA) is 3.24 Å². The molecule has 10 heavy (non-hydrogen) atoms. The van der Waals surface area contributed by atoms with Crippen LogP contribution in [0.4, 0.5) is 0 Å². The molecule has 0 atom stereocenters. The molecular weight excluding hydrogens is 122 g/mol. The van der Waals surface area contributed by atoms with E-state index in [0.29, 0.717) is 0 Å². The van der Waals surface area contributed by atoms with Gasteiger partial charge in [-0.2, -0.15) is 0 Å². The molecule has 0 aromatic heterocycles. The van der Waals surface area contributed by atoms with Gasteiger partial charge in [0.05, 0.1) is 0 Å². The molecule has 1 nitrogen and oxygen atoms in total. The summed E-state index contributed by atoms with van der Waals surface area (Å²) >= 11 is 0. The van der Waals surface area contributed by atoms with Crippen molar-refractivity contribution in [3.63, 3.8) is 0 Å². The minimum atomic E-state index is 0.870. The summed E-state index contributed by atoms with van der Waals surface area (Å²) in [6.45, 7) is 8.52. The summed E-state index contributed by atoms with van der Waals surface area (Å²) in [7, 11) is 0. The normalized spacial score (nSPS) is 11.0. The minimum Gasteiger partial charge on any atom is -0.351 e. The van der Waals surface area contributed by atoms with Gasteiger partial charge in [0.15, 0.2) is 0 Å². The Bertz CT molecular complexity index is 122. The second-order valence-corrected chi connectivity index (χ2v) is 1.95. The molecule has 0 bridgehead atoms. The van der Waals surface area contributed by atoms with E-state index in [1.807, 2.05) is 44.5 Å². The average Bonchev–Trinajstić information content (AvgIpc) is 1.90. The Morgan fingerprint density at radius 1 is 1.20 bits per heavy atom. The van der Waals surface area contributed by atoms with E-state index in [9.17, 15) is 0 Å². The van der Waals surface area contributed by atoms with Crippen LogP contribution in [0.3, 0.4) is 0 Å². The standard InChI is InChI=1S/C9H15N/c1-4-7-10(8-5-2)9-6-3/h4-6,8-9H,1,7H2,2-3H3. The molecular formula is C9H15N. The van der Waals surface area contributed by atoms with Gasteiger partial charge in [-0.15, -0.1) is 6.58 Å². The molecule has 0 aliphatic heterocycles. The predicted molar refractivity (Wildman–Crippen MR) is 46.5 cm³/mol. The van der Waals surface area contributed by atoms with Crippen LogP contribution in [0, 0.1) is 0 Å². The summed E-state index contributed by atoms with van der Waals surface area (Å²) < 4.78 is 0. The van der Waals surface area contributed by atoms with Gasteiger partial charge in [-0.05, 0) is 26.2 Å². The van der Waals surface area contributed by atoms with Gasteiger partial charge in [0.25, 0.3) is 0 Å². The largest absolute Gasteiger partial charge is 0.351 e. The second-order valence-electron chi connectivity index (χ2n) is 1.95. The van der Waals surface area contributed by atoms with Gasteiger partial charge in [0.2, 0.25) is 0 Å². The molecule has 0 radical (unpaired) electrons. The molecule has 1 heteroatoms. The van der Waals surface area contributed by atoms with Gasteiger partial charge in [0.1, 0.15) is 0 Å². The van der Waals surface area contributed by atoms with E-state index in [0.717, 1.165) is 6.54 Å². The van der Waals surface area contributed by atoms with Crippen molar-refractivity contribution in [1.29, 1.82) is 0 Å². The molecule has 0 aliphatic rings. The number of hydrogen-bond donors (Lipinski definition) is 0. The smallest absolute Gasteiger partial charge is 0.0397 e. The average molecular weight is 137 g/mol. The van der Waals surface area contributed by atoms with Crippen molar-refractivity contribution in [3.05, 3.63) is 37.2 Å². The van der Waals surface area contributed by atoms with E-state index in [-0.39, 0.29) is 0 Å². The fraction of sp³-hybridized carbons (Fsp3) is 0.333. The first-order valence-electron chi connectivity index (χ1n) is 3.47. The lowest BCUT2D eigenvalue weighted by Crippen LogP contribution is -2.07. The first kappa shape index (κ1) is 9.02. The molecule has 0 saturated carbocycles. The Hall–Kier alpha value is -0.980. The summed E-state index contributed by atoms with van der Waals surface area (Å²) in [6.07, 6.45) is 9.91. The number of rotatable bonds is 4. The second kappa shape index (κ2) is 6.14. The van der Waals surface area contributed by atoms with Crippen molar-refractivity contribution in [2.75, 3.05) is 6.54 Å². The third-order valence-electron chi connectivity index (χ3n) is 1.02. The van der Waals surface area contributed by atoms with Crippen molar-refractivity contribution < 1.29 is 0 Å². The molecule has 0 saturated heterocycles. The summed E-state index contributed by atoms with van der Waals surface area (Å²) in [5.41, 5.74) is 0. The van der Waals surface area contributed by atoms with Crippen molar-refractivity contribution in [1.82, 2.24) is 4.90 Å². The monoisotopic (exact) mass is 137 g/mol. The molecule has 0 aromatic rings. The van der Waals surface area contributed by atoms with Gasteiger partial charge in [-0.1, -0.05) is 18.2 Å². The molecule has 0 aromatic carbocycles. The lowest BCUT2D eigenvalue weighted by atomic mass is 10.5. The molecule has 0 amide bonds. The SMILES string of the molecule is C=CCN(C=CC)C=CC. The molecule has 0 spiro atoms. The summed E-state index contributed by atoms with van der Waals surface area (Å²) in [6, 6.07) is 0. The highest BCUT2D eigenvalue weighted by Gasteiger charge is 1.84. The van der Waals surface area contributed by atoms with E-state index >= 15 is 0 Å². The maximum atomic E-state index is 3.66. The molecule has 0 fully saturated rings. The van der Waals surface area contributed by atoms with Crippen LogP contribution in [0.2, 0.25) is 0 Å². The Morgan fingerprint density at radius 3 is 2.00 bits per heavy atom. The lowest BCUT2D eigenvalue weighted by molar-refractivity contribution is 0.564. The van der Waals surface area contributed by atoms with E-state index in [4.69, 9.17) is 0 Å². The molecule has 0 rings (SSSR count). The van der Waals surface area contributed by atoms with Gasteiger partial charge < -0.3 is 4.90 Å².